The van der Waals surface area contributed by atoms with Crippen molar-refractivity contribution in [1.29, 1.82) is 0 Å². The molecule has 0 radical (unpaired) electrons. The van der Waals surface area contributed by atoms with Gasteiger partial charge in [0, 0.05) is 9.79 Å². The second-order valence-electron chi connectivity index (χ2n) is 4.69. The maximum Gasteiger partial charge on any atom is 0.417 e. The molecule has 2 aromatic rings. The molecule has 3 rings (SSSR count). The minimum absolute atomic E-state index is 0.0532. The number of anilines is 2. The van der Waals surface area contributed by atoms with E-state index in [0.717, 1.165) is 11.0 Å². The van der Waals surface area contributed by atoms with Crippen molar-refractivity contribution in [3.63, 3.8) is 0 Å². The van der Waals surface area contributed by atoms with Gasteiger partial charge in [0.05, 0.1) is 22.5 Å². The molecule has 0 unspecified atom stereocenters. The zero-order valence-electron chi connectivity index (χ0n) is 11.2. The van der Waals surface area contributed by atoms with Crippen LogP contribution < -0.4 is 5.32 Å². The van der Waals surface area contributed by atoms with Crippen LogP contribution in [-0.2, 0) is 11.0 Å². The summed E-state index contributed by atoms with van der Waals surface area (Å²) < 4.78 is 39.6. The third-order valence-electron chi connectivity index (χ3n) is 3.24. The minimum Gasteiger partial charge on any atom is -0.353 e. The van der Waals surface area contributed by atoms with Crippen LogP contribution in [0.1, 0.15) is 15.9 Å². The molecule has 8 heteroatoms. The lowest BCUT2D eigenvalue weighted by molar-refractivity contribution is -0.137. The predicted octanol–water partition coefficient (Wildman–Crippen LogP) is 4.86. The first kappa shape index (κ1) is 15.9. The summed E-state index contributed by atoms with van der Waals surface area (Å²) in [6, 6.07) is 9.01. The van der Waals surface area contributed by atoms with Gasteiger partial charge < -0.3 is 5.32 Å². The number of para-hydroxylation sites is 1. The lowest BCUT2D eigenvalue weighted by atomic mass is 10.0. The van der Waals surface area contributed by atoms with Gasteiger partial charge in [-0.05, 0) is 35.9 Å². The molecule has 0 saturated carbocycles. The van der Waals surface area contributed by atoms with Gasteiger partial charge >= 0.3 is 6.18 Å². The Kier molecular flexibility index (Phi) is 3.85. The van der Waals surface area contributed by atoms with Gasteiger partial charge in [-0.2, -0.15) is 13.2 Å². The number of fused-ring (bicyclic) bond motifs is 2. The van der Waals surface area contributed by atoms with Crippen LogP contribution in [0.5, 0.6) is 0 Å². The van der Waals surface area contributed by atoms with Crippen LogP contribution >= 0.6 is 23.4 Å². The second kappa shape index (κ2) is 5.58. The highest BCUT2D eigenvalue weighted by Crippen LogP contribution is 2.48. The molecule has 3 nitrogen and oxygen atoms in total. The smallest absolute Gasteiger partial charge is 0.353 e. The fourth-order valence-corrected chi connectivity index (χ4v) is 3.37. The number of alkyl halides is 3. The van der Waals surface area contributed by atoms with Crippen molar-refractivity contribution in [2.24, 2.45) is 0 Å². The highest BCUT2D eigenvalue weighted by molar-refractivity contribution is 7.99. The fourth-order valence-electron chi connectivity index (χ4n) is 2.28. The SMILES string of the molecule is O=C(Cl)C(=O)c1c(C(F)(F)F)ccc2c1Nc1ccccc1S2. The summed E-state index contributed by atoms with van der Waals surface area (Å²) in [4.78, 5) is 24.3. The molecule has 0 saturated heterocycles. The van der Waals surface area contributed by atoms with Gasteiger partial charge in [0.1, 0.15) is 0 Å². The Morgan fingerprint density at radius 2 is 1.74 bits per heavy atom. The van der Waals surface area contributed by atoms with Crippen LogP contribution in [0.4, 0.5) is 24.5 Å². The number of rotatable bonds is 2. The van der Waals surface area contributed by atoms with Crippen molar-refractivity contribution in [1.82, 2.24) is 0 Å². The van der Waals surface area contributed by atoms with Crippen LogP contribution in [0.3, 0.4) is 0 Å². The molecule has 0 fully saturated rings. The van der Waals surface area contributed by atoms with Gasteiger partial charge in [-0.1, -0.05) is 23.9 Å². The number of carbonyl (C=O) groups excluding carboxylic acids is 2. The molecule has 0 spiro atoms. The van der Waals surface area contributed by atoms with Gasteiger partial charge in [-0.25, -0.2) is 0 Å². The van der Waals surface area contributed by atoms with Crippen LogP contribution in [0.2, 0.25) is 0 Å². The summed E-state index contributed by atoms with van der Waals surface area (Å²) >= 11 is 6.35. The monoisotopic (exact) mass is 357 g/mol. The van der Waals surface area contributed by atoms with Crippen molar-refractivity contribution in [2.45, 2.75) is 16.0 Å². The number of halogens is 4. The fraction of sp³-hybridized carbons (Fsp3) is 0.0667. The van der Waals surface area contributed by atoms with Gasteiger partial charge in [-0.15, -0.1) is 0 Å². The van der Waals surface area contributed by atoms with Crippen LogP contribution in [-0.4, -0.2) is 11.0 Å². The lowest BCUT2D eigenvalue weighted by Gasteiger charge is -2.24. The highest BCUT2D eigenvalue weighted by atomic mass is 35.5. The number of nitrogens with one attached hydrogen (secondary N) is 1. The number of benzene rings is 2. The van der Waals surface area contributed by atoms with Gasteiger partial charge in [-0.3, -0.25) is 9.59 Å². The first-order chi connectivity index (χ1) is 10.8. The van der Waals surface area contributed by atoms with Crippen LogP contribution in [0, 0.1) is 0 Å². The molecule has 23 heavy (non-hydrogen) atoms. The van der Waals surface area contributed by atoms with Crippen molar-refractivity contribution < 1.29 is 22.8 Å². The van der Waals surface area contributed by atoms with E-state index in [1.165, 1.54) is 17.8 Å². The molecule has 118 valence electrons. The van der Waals surface area contributed by atoms with E-state index >= 15 is 0 Å². The van der Waals surface area contributed by atoms with Gasteiger partial charge in [0.15, 0.2) is 0 Å². The Morgan fingerprint density at radius 1 is 1.04 bits per heavy atom. The van der Waals surface area contributed by atoms with E-state index in [1.807, 2.05) is 0 Å². The Balaban J connectivity index is 2.24. The topological polar surface area (TPSA) is 46.2 Å². The molecule has 1 heterocycles. The Labute approximate surface area is 137 Å². The molecule has 1 aliphatic rings. The zero-order valence-corrected chi connectivity index (χ0v) is 12.8. The molecule has 0 aromatic heterocycles. The molecule has 1 N–H and O–H groups in total. The third-order valence-corrected chi connectivity index (χ3v) is 4.55. The minimum atomic E-state index is -4.78. The van der Waals surface area contributed by atoms with Crippen molar-refractivity contribution in [2.75, 3.05) is 5.32 Å². The number of hydrogen-bond acceptors (Lipinski definition) is 4. The molecule has 0 bridgehead atoms. The highest BCUT2D eigenvalue weighted by Gasteiger charge is 2.39. The van der Waals surface area contributed by atoms with E-state index in [1.54, 1.807) is 24.3 Å². The van der Waals surface area contributed by atoms with E-state index in [4.69, 9.17) is 11.6 Å². The average Bonchev–Trinajstić information content (AvgIpc) is 2.50. The number of carbonyl (C=O) groups is 2. The Hall–Kier alpha value is -1.99. The summed E-state index contributed by atoms with van der Waals surface area (Å²) in [7, 11) is 0. The number of ketones is 1. The van der Waals surface area contributed by atoms with Crippen molar-refractivity contribution >= 4 is 45.8 Å². The molecule has 2 aromatic carbocycles. The molecular formula is C15H7ClF3NO2S. The van der Waals surface area contributed by atoms with E-state index in [9.17, 15) is 22.8 Å². The second-order valence-corrected chi connectivity index (χ2v) is 6.11. The maximum atomic E-state index is 13.2. The largest absolute Gasteiger partial charge is 0.417 e. The molecule has 0 atom stereocenters. The zero-order chi connectivity index (χ0) is 16.8. The van der Waals surface area contributed by atoms with E-state index in [0.29, 0.717) is 10.6 Å². The number of Topliss-reactive ketones (excluding diaryl/α,β-unsaturated/α-hetero) is 1. The van der Waals surface area contributed by atoms with Crippen LogP contribution in [0.25, 0.3) is 0 Å². The molecule has 1 aliphatic heterocycles. The molecule has 0 aliphatic carbocycles. The Bertz CT molecular complexity index is 836. The summed E-state index contributed by atoms with van der Waals surface area (Å²) in [5.41, 5.74) is -1.44. The quantitative estimate of drug-likeness (QED) is 0.404. The summed E-state index contributed by atoms with van der Waals surface area (Å²) in [6.45, 7) is 0. The van der Waals surface area contributed by atoms with Crippen LogP contribution in [0.15, 0.2) is 46.2 Å². The summed E-state index contributed by atoms with van der Waals surface area (Å²) in [6.07, 6.45) is -4.78. The Morgan fingerprint density at radius 3 is 2.39 bits per heavy atom. The van der Waals surface area contributed by atoms with Gasteiger partial charge in [0.2, 0.25) is 5.78 Å². The van der Waals surface area contributed by atoms with E-state index in [-0.39, 0.29) is 5.69 Å². The van der Waals surface area contributed by atoms with E-state index in [2.05, 4.69) is 5.32 Å². The maximum absolute atomic E-state index is 13.2. The lowest BCUT2D eigenvalue weighted by Crippen LogP contribution is -2.20. The van der Waals surface area contributed by atoms with Crippen molar-refractivity contribution in [3.05, 3.63) is 47.5 Å². The number of hydrogen-bond donors (Lipinski definition) is 1. The third kappa shape index (κ3) is 2.82. The normalized spacial score (nSPS) is 12.9. The van der Waals surface area contributed by atoms with Gasteiger partial charge in [0.25, 0.3) is 5.24 Å². The first-order valence-corrected chi connectivity index (χ1v) is 7.50. The van der Waals surface area contributed by atoms with E-state index < -0.39 is 28.3 Å². The predicted molar refractivity (Wildman–Crippen MR) is 80.5 cm³/mol. The van der Waals surface area contributed by atoms with Crippen molar-refractivity contribution in [3.8, 4) is 0 Å². The molecule has 0 amide bonds. The summed E-state index contributed by atoms with van der Waals surface area (Å²) in [5, 5.41) is 1.34. The molecular weight excluding hydrogens is 351 g/mol. The summed E-state index contributed by atoms with van der Waals surface area (Å²) in [5.74, 6) is -1.39. The first-order valence-electron chi connectivity index (χ1n) is 6.31. The standard InChI is InChI=1S/C15H7ClF3NO2S/c16-14(22)13(21)11-7(15(17,18)19)5-6-10-12(11)20-8-3-1-2-4-9(8)23-10/h1-6,20H. The average molecular weight is 358 g/mol.